The monoisotopic (exact) mass is 384 g/mol. The lowest BCUT2D eigenvalue weighted by molar-refractivity contribution is -0.129. The number of hydrogen-bond donors (Lipinski definition) is 2. The van der Waals surface area contributed by atoms with Crippen LogP contribution in [-0.4, -0.2) is 59.8 Å². The fourth-order valence-electron chi connectivity index (χ4n) is 3.23. The molecule has 3 rings (SSSR count). The van der Waals surface area contributed by atoms with E-state index in [0.717, 1.165) is 42.6 Å². The molecule has 0 spiro atoms. The Morgan fingerprint density at radius 1 is 1.32 bits per heavy atom. The van der Waals surface area contributed by atoms with Crippen LogP contribution in [0.5, 0.6) is 5.75 Å². The van der Waals surface area contributed by atoms with Gasteiger partial charge in [-0.05, 0) is 36.8 Å². The van der Waals surface area contributed by atoms with Crippen molar-refractivity contribution in [2.45, 2.75) is 32.4 Å². The van der Waals surface area contributed by atoms with Gasteiger partial charge in [-0.15, -0.1) is 0 Å². The van der Waals surface area contributed by atoms with Gasteiger partial charge in [0.2, 0.25) is 5.91 Å². The number of aliphatic imine (C=N–C) groups is 1. The van der Waals surface area contributed by atoms with Crippen LogP contribution in [0.25, 0.3) is 5.69 Å². The van der Waals surface area contributed by atoms with E-state index in [1.54, 1.807) is 14.2 Å². The number of benzene rings is 1. The summed E-state index contributed by atoms with van der Waals surface area (Å²) in [6.45, 7) is 3.98. The van der Waals surface area contributed by atoms with Crippen molar-refractivity contribution < 1.29 is 9.53 Å². The minimum atomic E-state index is 0.205. The average molecular weight is 384 g/mol. The molecule has 2 aromatic rings. The number of aromatic nitrogens is 2. The van der Waals surface area contributed by atoms with Gasteiger partial charge in [-0.2, -0.15) is 5.10 Å². The number of ether oxygens (including phenoxy) is 1. The molecule has 8 heteroatoms. The maximum atomic E-state index is 11.8. The normalized spacial score (nSPS) is 16.9. The van der Waals surface area contributed by atoms with Crippen LogP contribution in [0.15, 0.2) is 41.5 Å². The zero-order valence-corrected chi connectivity index (χ0v) is 16.7. The molecule has 1 amide bonds. The van der Waals surface area contributed by atoms with Crippen LogP contribution in [0.2, 0.25) is 0 Å². The second kappa shape index (κ2) is 9.25. The number of methoxy groups -OCH3 is 1. The Hall–Kier alpha value is -3.03. The fraction of sp³-hybridized carbons (Fsp3) is 0.450. The van der Waals surface area contributed by atoms with Crippen LogP contribution in [0.1, 0.15) is 25.5 Å². The van der Waals surface area contributed by atoms with Crippen molar-refractivity contribution in [2.24, 2.45) is 4.99 Å². The number of carbonyl (C=O) groups excluding carboxylic acids is 1. The number of nitrogens with zero attached hydrogens (tertiary/aromatic N) is 4. The third kappa shape index (κ3) is 4.82. The summed E-state index contributed by atoms with van der Waals surface area (Å²) in [6.07, 6.45) is 3.41. The highest BCUT2D eigenvalue weighted by molar-refractivity contribution is 5.80. The van der Waals surface area contributed by atoms with Crippen LogP contribution in [0.4, 0.5) is 0 Å². The molecular weight excluding hydrogens is 356 g/mol. The van der Waals surface area contributed by atoms with E-state index in [4.69, 9.17) is 4.74 Å². The molecule has 1 aromatic heterocycles. The molecule has 1 aliphatic heterocycles. The molecule has 0 saturated carbocycles. The van der Waals surface area contributed by atoms with Crippen molar-refractivity contribution in [3.05, 3.63) is 42.2 Å². The van der Waals surface area contributed by atoms with Gasteiger partial charge in [-0.1, -0.05) is 6.92 Å². The van der Waals surface area contributed by atoms with Crippen LogP contribution in [0, 0.1) is 0 Å². The van der Waals surface area contributed by atoms with Gasteiger partial charge in [-0.3, -0.25) is 9.79 Å². The molecule has 1 aromatic carbocycles. The van der Waals surface area contributed by atoms with E-state index in [1.807, 2.05) is 53.0 Å². The van der Waals surface area contributed by atoms with Crippen LogP contribution in [-0.2, 0) is 11.3 Å². The molecule has 2 heterocycles. The summed E-state index contributed by atoms with van der Waals surface area (Å²) >= 11 is 0. The zero-order valence-electron chi connectivity index (χ0n) is 16.7. The van der Waals surface area contributed by atoms with Crippen molar-refractivity contribution in [1.29, 1.82) is 0 Å². The largest absolute Gasteiger partial charge is 0.497 e. The Morgan fingerprint density at radius 3 is 2.79 bits per heavy atom. The number of carbonyl (C=O) groups is 1. The predicted molar refractivity (Wildman–Crippen MR) is 109 cm³/mol. The number of rotatable bonds is 6. The fourth-order valence-corrected chi connectivity index (χ4v) is 3.23. The highest BCUT2D eigenvalue weighted by Gasteiger charge is 2.25. The predicted octanol–water partition coefficient (Wildman–Crippen LogP) is 1.56. The smallest absolute Gasteiger partial charge is 0.222 e. The van der Waals surface area contributed by atoms with E-state index < -0.39 is 0 Å². The van der Waals surface area contributed by atoms with Gasteiger partial charge in [0.25, 0.3) is 0 Å². The Labute approximate surface area is 165 Å². The van der Waals surface area contributed by atoms with E-state index in [0.29, 0.717) is 13.0 Å². The minimum absolute atomic E-state index is 0.205. The van der Waals surface area contributed by atoms with E-state index in [2.05, 4.69) is 20.7 Å². The molecule has 0 bridgehead atoms. The topological polar surface area (TPSA) is 83.8 Å². The molecule has 2 N–H and O–H groups in total. The Morgan fingerprint density at radius 2 is 2.11 bits per heavy atom. The third-order valence-electron chi connectivity index (χ3n) is 4.83. The summed E-state index contributed by atoms with van der Waals surface area (Å²) in [5.41, 5.74) is 1.88. The van der Waals surface area contributed by atoms with E-state index in [1.165, 1.54) is 0 Å². The summed E-state index contributed by atoms with van der Waals surface area (Å²) in [4.78, 5) is 18.0. The number of amides is 1. The number of likely N-dealkylation sites (tertiary alicyclic amines) is 1. The maximum Gasteiger partial charge on any atom is 0.222 e. The standard InChI is InChI=1S/C20H28N6O2/c1-4-19(27)25-11-9-16(14-25)23-20(21-2)22-13-15-10-12-26(24-15)17-5-7-18(28-3)8-6-17/h5-8,10,12,16H,4,9,11,13-14H2,1-3H3,(H2,21,22,23). The summed E-state index contributed by atoms with van der Waals surface area (Å²) in [5.74, 6) is 1.74. The summed E-state index contributed by atoms with van der Waals surface area (Å²) in [6, 6.07) is 9.95. The summed E-state index contributed by atoms with van der Waals surface area (Å²) < 4.78 is 7.02. The molecule has 0 radical (unpaired) electrons. The molecule has 1 unspecified atom stereocenters. The molecule has 1 saturated heterocycles. The Balaban J connectivity index is 1.52. The zero-order chi connectivity index (χ0) is 19.9. The lowest BCUT2D eigenvalue weighted by Gasteiger charge is -2.18. The Kier molecular flexibility index (Phi) is 6.52. The van der Waals surface area contributed by atoms with E-state index in [-0.39, 0.29) is 11.9 Å². The molecule has 1 aliphatic rings. The number of hydrogen-bond acceptors (Lipinski definition) is 4. The second-order valence-electron chi connectivity index (χ2n) is 6.70. The van der Waals surface area contributed by atoms with Crippen LogP contribution in [0.3, 0.4) is 0 Å². The van der Waals surface area contributed by atoms with Crippen molar-refractivity contribution in [3.63, 3.8) is 0 Å². The highest BCUT2D eigenvalue weighted by Crippen LogP contribution is 2.14. The van der Waals surface area contributed by atoms with Gasteiger partial charge < -0.3 is 20.3 Å². The molecular formula is C20H28N6O2. The lowest BCUT2D eigenvalue weighted by atomic mass is 10.3. The van der Waals surface area contributed by atoms with Crippen molar-refractivity contribution in [2.75, 3.05) is 27.2 Å². The number of guanidine groups is 1. The molecule has 8 nitrogen and oxygen atoms in total. The van der Waals surface area contributed by atoms with Gasteiger partial charge in [0.15, 0.2) is 5.96 Å². The van der Waals surface area contributed by atoms with Gasteiger partial charge in [-0.25, -0.2) is 4.68 Å². The Bertz CT molecular complexity index is 814. The van der Waals surface area contributed by atoms with Crippen LogP contribution >= 0.6 is 0 Å². The molecule has 1 atom stereocenters. The first-order valence-electron chi connectivity index (χ1n) is 9.57. The van der Waals surface area contributed by atoms with Gasteiger partial charge in [0.05, 0.1) is 25.0 Å². The van der Waals surface area contributed by atoms with E-state index in [9.17, 15) is 4.79 Å². The van der Waals surface area contributed by atoms with Gasteiger partial charge in [0.1, 0.15) is 5.75 Å². The summed E-state index contributed by atoms with van der Waals surface area (Å²) in [5, 5.41) is 11.3. The SMILES string of the molecule is CCC(=O)N1CCC(NC(=NC)NCc2ccn(-c3ccc(OC)cc3)n2)C1. The molecule has 28 heavy (non-hydrogen) atoms. The van der Waals surface area contributed by atoms with E-state index >= 15 is 0 Å². The van der Waals surface area contributed by atoms with Gasteiger partial charge in [0, 0.05) is 38.8 Å². The van der Waals surface area contributed by atoms with Crippen molar-refractivity contribution in [3.8, 4) is 11.4 Å². The molecule has 0 aliphatic carbocycles. The minimum Gasteiger partial charge on any atom is -0.497 e. The van der Waals surface area contributed by atoms with Crippen LogP contribution < -0.4 is 15.4 Å². The third-order valence-corrected chi connectivity index (χ3v) is 4.83. The average Bonchev–Trinajstić information content (AvgIpc) is 3.40. The first-order chi connectivity index (χ1) is 13.6. The first kappa shape index (κ1) is 19.7. The van der Waals surface area contributed by atoms with Crippen molar-refractivity contribution in [1.82, 2.24) is 25.3 Å². The number of nitrogens with one attached hydrogen (secondary N) is 2. The molecule has 1 fully saturated rings. The van der Waals surface area contributed by atoms with Crippen molar-refractivity contribution >= 4 is 11.9 Å². The lowest BCUT2D eigenvalue weighted by Crippen LogP contribution is -2.44. The first-order valence-corrected chi connectivity index (χ1v) is 9.57. The van der Waals surface area contributed by atoms with Gasteiger partial charge >= 0.3 is 0 Å². The highest BCUT2D eigenvalue weighted by atomic mass is 16.5. The second-order valence-corrected chi connectivity index (χ2v) is 6.70. The molecule has 150 valence electrons. The maximum absolute atomic E-state index is 11.8. The quantitative estimate of drug-likeness (QED) is 0.583. The summed E-state index contributed by atoms with van der Waals surface area (Å²) in [7, 11) is 3.40.